The van der Waals surface area contributed by atoms with E-state index in [1.165, 1.54) is 11.3 Å². The molecule has 0 bridgehead atoms. The van der Waals surface area contributed by atoms with Gasteiger partial charge in [0.1, 0.15) is 0 Å². The summed E-state index contributed by atoms with van der Waals surface area (Å²) in [6, 6.07) is 10.3. The van der Waals surface area contributed by atoms with Gasteiger partial charge >= 0.3 is 0 Å². The summed E-state index contributed by atoms with van der Waals surface area (Å²) in [6.45, 7) is 0. The summed E-state index contributed by atoms with van der Waals surface area (Å²) in [5.74, 6) is 0.906. The fraction of sp³-hybridized carbons (Fsp3) is 0.364. The van der Waals surface area contributed by atoms with Crippen molar-refractivity contribution in [1.29, 1.82) is 0 Å². The molecule has 0 atom stereocenters. The van der Waals surface area contributed by atoms with Crippen molar-refractivity contribution in [3.63, 3.8) is 0 Å². The molecular weight excluding hydrogens is 436 g/mol. The van der Waals surface area contributed by atoms with Crippen LogP contribution in [0.3, 0.4) is 0 Å². The number of hydrogen-bond donors (Lipinski definition) is 1. The number of methoxy groups -OCH3 is 2. The van der Waals surface area contributed by atoms with Crippen LogP contribution in [0, 0.1) is 0 Å². The standard InChI is InChI=1S/C22H24N2O5S2/c1-28-18-12-17-20(13-19(18)29-2)30-22(23-17)24-21(25)11-14-6-5-9-16(10-14)31(26,27)15-7-3-4-8-15/h5-6,9-10,12-13,15H,3-4,7-8,11H2,1-2H3,(H,23,24,25). The van der Waals surface area contributed by atoms with Gasteiger partial charge in [-0.1, -0.05) is 36.3 Å². The molecule has 164 valence electrons. The fourth-order valence-corrected chi connectivity index (χ4v) is 6.70. The smallest absolute Gasteiger partial charge is 0.230 e. The molecule has 9 heteroatoms. The first-order valence-electron chi connectivity index (χ1n) is 10.1. The minimum Gasteiger partial charge on any atom is -0.493 e. The van der Waals surface area contributed by atoms with E-state index < -0.39 is 9.84 Å². The largest absolute Gasteiger partial charge is 0.493 e. The maximum atomic E-state index is 12.8. The number of rotatable bonds is 7. The highest BCUT2D eigenvalue weighted by Crippen LogP contribution is 2.36. The molecule has 2 aromatic carbocycles. The zero-order chi connectivity index (χ0) is 22.0. The number of carbonyl (C=O) groups is 1. The van der Waals surface area contributed by atoms with Crippen LogP contribution in [-0.2, 0) is 21.1 Å². The van der Waals surface area contributed by atoms with Gasteiger partial charge in [0.15, 0.2) is 26.5 Å². The second-order valence-corrected chi connectivity index (χ2v) is 10.8. The number of carbonyl (C=O) groups excluding carboxylic acids is 1. The molecule has 31 heavy (non-hydrogen) atoms. The first kappa shape index (κ1) is 21.6. The number of fused-ring (bicyclic) bond motifs is 1. The molecule has 0 radical (unpaired) electrons. The Morgan fingerprint density at radius 2 is 1.84 bits per heavy atom. The van der Waals surface area contributed by atoms with E-state index in [9.17, 15) is 13.2 Å². The lowest BCUT2D eigenvalue weighted by Crippen LogP contribution is -2.18. The number of aromatic nitrogens is 1. The summed E-state index contributed by atoms with van der Waals surface area (Å²) in [4.78, 5) is 17.3. The van der Waals surface area contributed by atoms with Crippen molar-refractivity contribution < 1.29 is 22.7 Å². The normalized spacial score (nSPS) is 14.6. The Labute approximate surface area is 185 Å². The molecule has 0 aliphatic heterocycles. The topological polar surface area (TPSA) is 94.6 Å². The Hall–Kier alpha value is -2.65. The summed E-state index contributed by atoms with van der Waals surface area (Å²) in [5.41, 5.74) is 1.35. The molecule has 7 nitrogen and oxygen atoms in total. The van der Waals surface area contributed by atoms with Crippen molar-refractivity contribution >= 4 is 42.4 Å². The van der Waals surface area contributed by atoms with Crippen LogP contribution in [0.1, 0.15) is 31.2 Å². The second kappa shape index (κ2) is 8.84. The van der Waals surface area contributed by atoms with Crippen LogP contribution in [0.2, 0.25) is 0 Å². The number of sulfone groups is 1. The average molecular weight is 461 g/mol. The number of nitrogens with one attached hydrogen (secondary N) is 1. The van der Waals surface area contributed by atoms with Gasteiger partial charge in [-0.2, -0.15) is 0 Å². The number of nitrogens with zero attached hydrogens (tertiary/aromatic N) is 1. The lowest BCUT2D eigenvalue weighted by atomic mass is 10.1. The Bertz CT molecular complexity index is 1170. The lowest BCUT2D eigenvalue weighted by Gasteiger charge is -2.12. The molecule has 4 rings (SSSR count). The van der Waals surface area contributed by atoms with Gasteiger partial charge in [-0.25, -0.2) is 13.4 Å². The molecule has 1 aliphatic rings. The molecule has 0 saturated heterocycles. The molecule has 0 unspecified atom stereocenters. The molecule has 1 amide bonds. The lowest BCUT2D eigenvalue weighted by molar-refractivity contribution is -0.115. The summed E-state index contributed by atoms with van der Waals surface area (Å²) in [7, 11) is -0.233. The van der Waals surface area contributed by atoms with Crippen molar-refractivity contribution in [2.24, 2.45) is 0 Å². The summed E-state index contributed by atoms with van der Waals surface area (Å²) < 4.78 is 37.1. The third-order valence-corrected chi connectivity index (χ3v) is 8.67. The van der Waals surface area contributed by atoms with Crippen LogP contribution in [0.15, 0.2) is 41.3 Å². The number of hydrogen-bond acceptors (Lipinski definition) is 7. The van der Waals surface area contributed by atoms with Crippen LogP contribution >= 0.6 is 11.3 Å². The highest BCUT2D eigenvalue weighted by Gasteiger charge is 2.30. The highest BCUT2D eigenvalue weighted by molar-refractivity contribution is 7.92. The number of thiazole rings is 1. The van der Waals surface area contributed by atoms with Crippen molar-refractivity contribution in [2.75, 3.05) is 19.5 Å². The summed E-state index contributed by atoms with van der Waals surface area (Å²) in [5, 5.41) is 2.96. The van der Waals surface area contributed by atoms with Gasteiger partial charge in [-0.3, -0.25) is 4.79 Å². The van der Waals surface area contributed by atoms with Crippen LogP contribution < -0.4 is 14.8 Å². The average Bonchev–Trinajstić information content (AvgIpc) is 3.42. The monoisotopic (exact) mass is 460 g/mol. The van der Waals surface area contributed by atoms with Crippen LogP contribution in [-0.4, -0.2) is 38.8 Å². The van der Waals surface area contributed by atoms with Crippen LogP contribution in [0.25, 0.3) is 10.2 Å². The van der Waals surface area contributed by atoms with Gasteiger partial charge < -0.3 is 14.8 Å². The molecule has 1 aliphatic carbocycles. The van der Waals surface area contributed by atoms with E-state index in [1.807, 2.05) is 6.07 Å². The van der Waals surface area contributed by atoms with Crippen molar-refractivity contribution in [1.82, 2.24) is 4.98 Å². The minimum absolute atomic E-state index is 0.0661. The number of ether oxygens (including phenoxy) is 2. The van der Waals surface area contributed by atoms with E-state index in [4.69, 9.17) is 9.47 Å². The molecule has 1 heterocycles. The van der Waals surface area contributed by atoms with Crippen molar-refractivity contribution in [3.8, 4) is 11.5 Å². The summed E-state index contributed by atoms with van der Waals surface area (Å²) >= 11 is 1.33. The molecule has 3 aromatic rings. The quantitative estimate of drug-likeness (QED) is 0.568. The zero-order valence-corrected chi connectivity index (χ0v) is 19.0. The molecule has 1 saturated carbocycles. The summed E-state index contributed by atoms with van der Waals surface area (Å²) in [6.07, 6.45) is 3.38. The number of amides is 1. The predicted molar refractivity (Wildman–Crippen MR) is 121 cm³/mol. The van der Waals surface area contributed by atoms with E-state index in [2.05, 4.69) is 10.3 Å². The maximum Gasteiger partial charge on any atom is 0.230 e. The Morgan fingerprint density at radius 3 is 2.55 bits per heavy atom. The highest BCUT2D eigenvalue weighted by atomic mass is 32.2. The second-order valence-electron chi connectivity index (χ2n) is 7.52. The SMILES string of the molecule is COc1cc2nc(NC(=O)Cc3cccc(S(=O)(=O)C4CCCC4)c3)sc2cc1OC. The van der Waals surface area contributed by atoms with E-state index in [-0.39, 0.29) is 17.6 Å². The Kier molecular flexibility index (Phi) is 6.15. The zero-order valence-electron chi connectivity index (χ0n) is 17.4. The Balaban J connectivity index is 1.49. The van der Waals surface area contributed by atoms with E-state index in [0.29, 0.717) is 45.4 Å². The molecule has 1 aromatic heterocycles. The van der Waals surface area contributed by atoms with Gasteiger partial charge in [-0.05, 0) is 30.5 Å². The van der Waals surface area contributed by atoms with E-state index in [1.54, 1.807) is 44.6 Å². The predicted octanol–water partition coefficient (Wildman–Crippen LogP) is 4.21. The molecule has 0 spiro atoms. The van der Waals surface area contributed by atoms with Crippen molar-refractivity contribution in [2.45, 2.75) is 42.2 Å². The molecular formula is C22H24N2O5S2. The minimum atomic E-state index is -3.35. The third-order valence-electron chi connectivity index (χ3n) is 5.47. The first-order valence-corrected chi connectivity index (χ1v) is 12.4. The van der Waals surface area contributed by atoms with Gasteiger partial charge in [0.05, 0.1) is 41.0 Å². The van der Waals surface area contributed by atoms with E-state index >= 15 is 0 Å². The van der Waals surface area contributed by atoms with Crippen LogP contribution in [0.5, 0.6) is 11.5 Å². The molecule has 1 N–H and O–H groups in total. The number of anilines is 1. The van der Waals surface area contributed by atoms with Gasteiger partial charge in [-0.15, -0.1) is 0 Å². The van der Waals surface area contributed by atoms with Gasteiger partial charge in [0, 0.05) is 12.1 Å². The maximum absolute atomic E-state index is 12.8. The Morgan fingerprint density at radius 1 is 1.13 bits per heavy atom. The van der Waals surface area contributed by atoms with E-state index in [0.717, 1.165) is 17.5 Å². The third kappa shape index (κ3) is 4.52. The molecule has 1 fully saturated rings. The number of benzene rings is 2. The van der Waals surface area contributed by atoms with Gasteiger partial charge in [0.2, 0.25) is 5.91 Å². The van der Waals surface area contributed by atoms with Crippen LogP contribution in [0.4, 0.5) is 5.13 Å². The fourth-order valence-electron chi connectivity index (χ4n) is 3.88. The van der Waals surface area contributed by atoms with Gasteiger partial charge in [0.25, 0.3) is 0 Å². The van der Waals surface area contributed by atoms with Crippen molar-refractivity contribution in [3.05, 3.63) is 42.0 Å². The first-order chi connectivity index (χ1) is 14.9.